The third-order valence-electron chi connectivity index (χ3n) is 10.9. The minimum Gasteiger partial charge on any atom is -0.488 e. The summed E-state index contributed by atoms with van der Waals surface area (Å²) in [6.45, 7) is 6.16. The van der Waals surface area contributed by atoms with Gasteiger partial charge in [0.2, 0.25) is 0 Å². The quantitative estimate of drug-likeness (QED) is 0.0663. The van der Waals surface area contributed by atoms with Crippen LogP contribution >= 0.6 is 11.6 Å². The van der Waals surface area contributed by atoms with E-state index >= 15 is 0 Å². The van der Waals surface area contributed by atoms with E-state index in [-0.39, 0.29) is 25.9 Å². The van der Waals surface area contributed by atoms with Crippen molar-refractivity contribution in [1.29, 1.82) is 5.26 Å². The van der Waals surface area contributed by atoms with Crippen molar-refractivity contribution < 1.29 is 29.6 Å². The van der Waals surface area contributed by atoms with Gasteiger partial charge in [-0.25, -0.2) is 0 Å². The molecule has 0 aliphatic heterocycles. The number of aromatic nitrogens is 1. The van der Waals surface area contributed by atoms with Crippen molar-refractivity contribution in [3.8, 4) is 39.8 Å². The molecule has 0 spiro atoms. The number of carboxylic acid groups (broad SMARTS) is 1. The molecule has 0 radical (unpaired) electrons. The van der Waals surface area contributed by atoms with Gasteiger partial charge in [0.05, 0.1) is 23.3 Å². The Balaban J connectivity index is 1.19. The van der Waals surface area contributed by atoms with Gasteiger partial charge in [-0.3, -0.25) is 15.1 Å². The number of hydrogen-bond acceptors (Lipinski definition) is 9. The molecule has 1 aromatic heterocycles. The van der Waals surface area contributed by atoms with Gasteiger partial charge in [0, 0.05) is 48.7 Å². The largest absolute Gasteiger partial charge is 0.488 e. The SMILES string of the molecule is Cc1c(COc2cc(OCc3cncc(C#N)c3)c(CN[C@@](C)(CO)C(=O)O)cc2Cl)cccc1-c1cccc(-c2ccc(CN[C@H]3CC[C@H](O)CC3)cc2)c1C. The fourth-order valence-electron chi connectivity index (χ4n) is 7.11. The van der Waals surface area contributed by atoms with Gasteiger partial charge in [-0.2, -0.15) is 5.26 Å². The molecule has 1 saturated carbocycles. The minimum atomic E-state index is -1.59. The van der Waals surface area contributed by atoms with E-state index in [0.29, 0.717) is 39.3 Å². The van der Waals surface area contributed by atoms with Crippen LogP contribution in [0.25, 0.3) is 22.3 Å². The van der Waals surface area contributed by atoms with Crippen LogP contribution in [-0.4, -0.2) is 50.6 Å². The molecule has 1 aliphatic carbocycles. The summed E-state index contributed by atoms with van der Waals surface area (Å²) in [4.78, 5) is 16.0. The standard InChI is InChI=1S/C46H49ClN4O6/c1-29-35(6-4-8-40(29)41-9-5-7-39(30(41)2)34-12-10-31(11-13-34)24-50-37-14-16-38(53)17-15-37)27-57-44-20-43(56-26-33-18-32(21-48)22-49-23-33)36(19-42(44)47)25-51-46(3,28-52)45(54)55/h4-13,18-20,22-23,37-38,50-53H,14-17,24-28H2,1-3H3,(H,54,55)/t37-,38-,46-/m0/s1. The van der Waals surface area contributed by atoms with E-state index in [0.717, 1.165) is 60.0 Å². The van der Waals surface area contributed by atoms with Crippen molar-refractivity contribution in [2.24, 2.45) is 0 Å². The predicted octanol–water partition coefficient (Wildman–Crippen LogP) is 8.03. The molecule has 5 aromatic rings. The van der Waals surface area contributed by atoms with Crippen LogP contribution < -0.4 is 20.1 Å². The summed E-state index contributed by atoms with van der Waals surface area (Å²) < 4.78 is 12.5. The highest BCUT2D eigenvalue weighted by atomic mass is 35.5. The zero-order valence-electron chi connectivity index (χ0n) is 32.5. The molecule has 4 aromatic carbocycles. The van der Waals surface area contributed by atoms with Gasteiger partial charge < -0.3 is 30.1 Å². The van der Waals surface area contributed by atoms with Crippen molar-refractivity contribution in [2.75, 3.05) is 6.61 Å². The van der Waals surface area contributed by atoms with Gasteiger partial charge in [0.1, 0.15) is 36.3 Å². The van der Waals surface area contributed by atoms with Gasteiger partial charge in [-0.05, 0) is 103 Å². The minimum absolute atomic E-state index is 0.0307. The van der Waals surface area contributed by atoms with Gasteiger partial charge in [-0.15, -0.1) is 0 Å². The molecule has 5 N–H and O–H groups in total. The van der Waals surface area contributed by atoms with Gasteiger partial charge in [0.15, 0.2) is 0 Å². The molecule has 0 amide bonds. The van der Waals surface area contributed by atoms with Gasteiger partial charge in [-0.1, -0.05) is 72.3 Å². The molecule has 11 heteroatoms. The first-order valence-corrected chi connectivity index (χ1v) is 19.6. The molecule has 0 unspecified atom stereocenters. The van der Waals surface area contributed by atoms with E-state index in [4.69, 9.17) is 21.1 Å². The van der Waals surface area contributed by atoms with Crippen LogP contribution in [0.5, 0.6) is 11.5 Å². The first-order chi connectivity index (χ1) is 27.5. The molecule has 6 rings (SSSR count). The maximum absolute atomic E-state index is 11.9. The summed E-state index contributed by atoms with van der Waals surface area (Å²) >= 11 is 6.77. The van der Waals surface area contributed by atoms with Gasteiger partial charge in [0.25, 0.3) is 0 Å². The topological polar surface area (TPSA) is 157 Å². The number of halogens is 1. The second-order valence-corrected chi connectivity index (χ2v) is 15.4. The lowest BCUT2D eigenvalue weighted by Crippen LogP contribution is -2.52. The molecule has 1 heterocycles. The molecule has 0 saturated heterocycles. The second kappa shape index (κ2) is 18.8. The molecule has 1 fully saturated rings. The van der Waals surface area contributed by atoms with Crippen LogP contribution in [0.15, 0.2) is 91.3 Å². The molecule has 57 heavy (non-hydrogen) atoms. The Hall–Kier alpha value is -5.28. The first-order valence-electron chi connectivity index (χ1n) is 19.2. The summed E-state index contributed by atoms with van der Waals surface area (Å²) in [5.41, 5.74) is 9.05. The maximum atomic E-state index is 11.9. The summed E-state index contributed by atoms with van der Waals surface area (Å²) in [7, 11) is 0. The molecule has 0 bridgehead atoms. The Morgan fingerprint density at radius 3 is 2.25 bits per heavy atom. The second-order valence-electron chi connectivity index (χ2n) is 15.0. The number of pyridine rings is 1. The normalized spacial score (nSPS) is 16.4. The molecule has 10 nitrogen and oxygen atoms in total. The Morgan fingerprint density at radius 1 is 0.860 bits per heavy atom. The number of nitriles is 1. The number of rotatable bonds is 16. The monoisotopic (exact) mass is 788 g/mol. The number of benzene rings is 4. The Morgan fingerprint density at radius 2 is 1.54 bits per heavy atom. The fourth-order valence-corrected chi connectivity index (χ4v) is 7.35. The summed E-state index contributed by atoms with van der Waals surface area (Å²) in [5, 5.41) is 45.5. The van der Waals surface area contributed by atoms with Crippen LogP contribution in [0.4, 0.5) is 0 Å². The average molecular weight is 789 g/mol. The lowest BCUT2D eigenvalue weighted by Gasteiger charge is -2.26. The van der Waals surface area contributed by atoms with E-state index in [9.17, 15) is 25.4 Å². The Kier molecular flexibility index (Phi) is 13.6. The van der Waals surface area contributed by atoms with Gasteiger partial charge >= 0.3 is 5.97 Å². The molecular formula is C46H49ClN4O6. The van der Waals surface area contributed by atoms with Crippen LogP contribution in [0.1, 0.15) is 71.6 Å². The number of aliphatic hydroxyl groups is 2. The predicted molar refractivity (Wildman–Crippen MR) is 221 cm³/mol. The number of aliphatic carboxylic acids is 1. The van der Waals surface area contributed by atoms with E-state index in [1.807, 2.05) is 12.1 Å². The molecular weight excluding hydrogens is 740 g/mol. The first kappa shape index (κ1) is 41.4. The Bertz CT molecular complexity index is 2230. The zero-order valence-corrected chi connectivity index (χ0v) is 33.3. The molecule has 296 valence electrons. The fraction of sp³-hybridized carbons (Fsp3) is 0.326. The maximum Gasteiger partial charge on any atom is 0.326 e. The number of carbonyl (C=O) groups is 1. The van der Waals surface area contributed by atoms with Crippen LogP contribution in [0.3, 0.4) is 0 Å². The van der Waals surface area contributed by atoms with E-state index in [1.54, 1.807) is 24.4 Å². The van der Waals surface area contributed by atoms with Crippen molar-refractivity contribution in [3.05, 3.63) is 135 Å². The van der Waals surface area contributed by atoms with E-state index in [2.05, 4.69) is 84.1 Å². The van der Waals surface area contributed by atoms with Crippen molar-refractivity contribution in [1.82, 2.24) is 15.6 Å². The van der Waals surface area contributed by atoms with Crippen molar-refractivity contribution in [3.63, 3.8) is 0 Å². The number of nitrogens with one attached hydrogen (secondary N) is 2. The Labute approximate surface area is 339 Å². The molecule has 1 atom stereocenters. The summed E-state index contributed by atoms with van der Waals surface area (Å²) in [5.74, 6) is -0.434. The van der Waals surface area contributed by atoms with E-state index < -0.39 is 18.1 Å². The number of hydrogen-bond donors (Lipinski definition) is 5. The lowest BCUT2D eigenvalue weighted by molar-refractivity contribution is -0.145. The highest BCUT2D eigenvalue weighted by Gasteiger charge is 2.32. The number of aliphatic hydroxyl groups excluding tert-OH is 2. The third-order valence-corrected chi connectivity index (χ3v) is 11.2. The number of ether oxygens (including phenoxy) is 2. The highest BCUT2D eigenvalue weighted by Crippen LogP contribution is 2.37. The molecule has 1 aliphatic rings. The van der Waals surface area contributed by atoms with Crippen molar-refractivity contribution >= 4 is 17.6 Å². The smallest absolute Gasteiger partial charge is 0.326 e. The van der Waals surface area contributed by atoms with Crippen molar-refractivity contribution in [2.45, 2.75) is 90.4 Å². The van der Waals surface area contributed by atoms with Crippen LogP contribution in [0.2, 0.25) is 5.02 Å². The van der Waals surface area contributed by atoms with E-state index in [1.165, 1.54) is 29.8 Å². The third kappa shape index (κ3) is 10.2. The van der Waals surface area contributed by atoms with Crippen LogP contribution in [-0.2, 0) is 31.1 Å². The number of carboxylic acids is 1. The average Bonchev–Trinajstić information content (AvgIpc) is 3.22. The zero-order chi connectivity index (χ0) is 40.5. The highest BCUT2D eigenvalue weighted by molar-refractivity contribution is 6.32. The number of nitrogens with zero attached hydrogens (tertiary/aromatic N) is 2. The lowest BCUT2D eigenvalue weighted by atomic mass is 9.89. The van der Waals surface area contributed by atoms with Crippen LogP contribution in [0, 0.1) is 25.2 Å². The summed E-state index contributed by atoms with van der Waals surface area (Å²) in [6, 6.07) is 28.9. The summed E-state index contributed by atoms with van der Waals surface area (Å²) in [6.07, 6.45) is 6.67.